The van der Waals surface area contributed by atoms with E-state index in [1.807, 2.05) is 0 Å². The molecule has 118 valence electrons. The van der Waals surface area contributed by atoms with Crippen LogP contribution in [0.5, 0.6) is 0 Å². The number of hydrogen-bond donors (Lipinski definition) is 0. The molecule has 0 fully saturated rings. The first-order chi connectivity index (χ1) is 10.2. The SMILES string of the molecule is Cc1ccc(PC(=O)c2c(C)cc(C(C)(C)C)cc2C)cc1.[LiH]. The van der Waals surface area contributed by atoms with Crippen molar-refractivity contribution in [1.29, 1.82) is 0 Å². The van der Waals surface area contributed by atoms with Gasteiger partial charge in [0.05, 0.1) is 0 Å². The van der Waals surface area contributed by atoms with E-state index in [1.165, 1.54) is 11.1 Å². The Morgan fingerprint density at radius 2 is 1.39 bits per heavy atom. The number of carbonyl (C=O) groups is 1. The van der Waals surface area contributed by atoms with Crippen molar-refractivity contribution in [3.05, 3.63) is 64.2 Å². The van der Waals surface area contributed by atoms with E-state index >= 15 is 0 Å². The zero-order valence-corrected chi connectivity index (χ0v) is 15.4. The quantitative estimate of drug-likeness (QED) is 0.605. The molecule has 1 atom stereocenters. The fourth-order valence-electron chi connectivity index (χ4n) is 2.59. The van der Waals surface area contributed by atoms with E-state index in [0.29, 0.717) is 0 Å². The van der Waals surface area contributed by atoms with Crippen LogP contribution in [0.3, 0.4) is 0 Å². The molecule has 23 heavy (non-hydrogen) atoms. The van der Waals surface area contributed by atoms with E-state index in [1.54, 1.807) is 0 Å². The van der Waals surface area contributed by atoms with Gasteiger partial charge >= 0.3 is 18.9 Å². The van der Waals surface area contributed by atoms with Crippen LogP contribution in [0, 0.1) is 20.8 Å². The van der Waals surface area contributed by atoms with Crippen molar-refractivity contribution < 1.29 is 4.79 Å². The molecule has 0 heterocycles. The Labute approximate surface area is 154 Å². The van der Waals surface area contributed by atoms with E-state index in [9.17, 15) is 4.79 Å². The first kappa shape index (κ1) is 20.2. The van der Waals surface area contributed by atoms with Gasteiger partial charge < -0.3 is 0 Å². The molecule has 2 rings (SSSR count). The Hall–Kier alpha value is -0.863. The molecule has 0 saturated carbocycles. The summed E-state index contributed by atoms with van der Waals surface area (Å²) < 4.78 is 0. The van der Waals surface area contributed by atoms with Gasteiger partial charge in [0.15, 0.2) is 5.52 Å². The molecular formula is C20H26LiOP. The van der Waals surface area contributed by atoms with Crippen molar-refractivity contribution in [3.8, 4) is 0 Å². The third kappa shape index (κ3) is 5.05. The van der Waals surface area contributed by atoms with Crippen LogP contribution in [0.4, 0.5) is 0 Å². The molecule has 0 aliphatic rings. The number of carbonyl (C=O) groups excluding carboxylic acids is 1. The van der Waals surface area contributed by atoms with E-state index in [4.69, 9.17) is 0 Å². The van der Waals surface area contributed by atoms with E-state index in [-0.39, 0.29) is 38.4 Å². The molecule has 3 heteroatoms. The van der Waals surface area contributed by atoms with Crippen molar-refractivity contribution in [3.63, 3.8) is 0 Å². The third-order valence-electron chi connectivity index (χ3n) is 3.94. The molecule has 0 radical (unpaired) electrons. The second-order valence-corrected chi connectivity index (χ2v) is 8.34. The predicted octanol–water partition coefficient (Wildman–Crippen LogP) is 4.41. The number of rotatable bonds is 3. The molecular weight excluding hydrogens is 294 g/mol. The summed E-state index contributed by atoms with van der Waals surface area (Å²) in [6, 6.07) is 12.6. The first-order valence-corrected chi connectivity index (χ1v) is 8.68. The Kier molecular flexibility index (Phi) is 6.85. The summed E-state index contributed by atoms with van der Waals surface area (Å²) in [5, 5.41) is 1.11. The van der Waals surface area contributed by atoms with Crippen LogP contribution in [-0.4, -0.2) is 24.4 Å². The monoisotopic (exact) mass is 320 g/mol. The van der Waals surface area contributed by atoms with Gasteiger partial charge in [-0.1, -0.05) is 62.7 Å². The number of benzene rings is 2. The van der Waals surface area contributed by atoms with Crippen LogP contribution in [0.25, 0.3) is 0 Å². The number of hydrogen-bond acceptors (Lipinski definition) is 1. The Morgan fingerprint density at radius 1 is 0.913 bits per heavy atom. The first-order valence-electron chi connectivity index (χ1n) is 7.68. The fraction of sp³-hybridized carbons (Fsp3) is 0.350. The second-order valence-electron chi connectivity index (χ2n) is 7.06. The van der Waals surface area contributed by atoms with Gasteiger partial charge in [0, 0.05) is 5.56 Å². The molecule has 0 aliphatic carbocycles. The molecule has 0 N–H and O–H groups in total. The van der Waals surface area contributed by atoms with Crippen molar-refractivity contribution in [2.45, 2.75) is 47.0 Å². The van der Waals surface area contributed by atoms with Gasteiger partial charge in [-0.3, -0.25) is 4.79 Å². The summed E-state index contributed by atoms with van der Waals surface area (Å²) in [4.78, 5) is 12.7. The van der Waals surface area contributed by atoms with Crippen molar-refractivity contribution >= 4 is 38.3 Å². The van der Waals surface area contributed by atoms with Crippen LogP contribution < -0.4 is 5.30 Å². The fourth-order valence-corrected chi connectivity index (χ4v) is 3.70. The van der Waals surface area contributed by atoms with Gasteiger partial charge in [-0.2, -0.15) is 0 Å². The molecule has 0 aromatic heterocycles. The van der Waals surface area contributed by atoms with E-state index in [2.05, 4.69) is 77.9 Å². The Morgan fingerprint density at radius 3 is 1.83 bits per heavy atom. The molecule has 1 unspecified atom stereocenters. The van der Waals surface area contributed by atoms with Crippen LogP contribution >= 0.6 is 8.58 Å². The van der Waals surface area contributed by atoms with Crippen LogP contribution in [-0.2, 0) is 5.41 Å². The Bertz CT molecular complexity index is 674. The average molecular weight is 320 g/mol. The molecule has 2 aromatic carbocycles. The van der Waals surface area contributed by atoms with Gasteiger partial charge in [-0.05, 0) is 56.8 Å². The normalized spacial score (nSPS) is 11.6. The Balaban J connectivity index is 0.00000264. The molecule has 0 bridgehead atoms. The van der Waals surface area contributed by atoms with Crippen molar-refractivity contribution in [2.75, 3.05) is 0 Å². The van der Waals surface area contributed by atoms with Crippen molar-refractivity contribution in [1.82, 2.24) is 0 Å². The van der Waals surface area contributed by atoms with Crippen LogP contribution in [0.15, 0.2) is 36.4 Å². The summed E-state index contributed by atoms with van der Waals surface area (Å²) in [5.41, 5.74) is 5.94. The topological polar surface area (TPSA) is 17.1 Å². The summed E-state index contributed by atoms with van der Waals surface area (Å²) >= 11 is 0. The molecule has 0 amide bonds. The zero-order valence-electron chi connectivity index (χ0n) is 14.4. The van der Waals surface area contributed by atoms with Gasteiger partial charge in [0.2, 0.25) is 0 Å². The van der Waals surface area contributed by atoms with Crippen LogP contribution in [0.1, 0.15) is 53.4 Å². The van der Waals surface area contributed by atoms with E-state index < -0.39 is 0 Å². The maximum absolute atomic E-state index is 12.7. The van der Waals surface area contributed by atoms with Gasteiger partial charge in [0.25, 0.3) is 0 Å². The number of aryl methyl sites for hydroxylation is 3. The average Bonchev–Trinajstić information content (AvgIpc) is 2.39. The van der Waals surface area contributed by atoms with Crippen LogP contribution in [0.2, 0.25) is 0 Å². The molecule has 1 nitrogen and oxygen atoms in total. The summed E-state index contributed by atoms with van der Waals surface area (Å²) in [5.74, 6) is 0. The van der Waals surface area contributed by atoms with Gasteiger partial charge in [-0.25, -0.2) is 0 Å². The van der Waals surface area contributed by atoms with Gasteiger partial charge in [0.1, 0.15) is 0 Å². The minimum absolute atomic E-state index is 0. The minimum atomic E-state index is 0. The standard InChI is InChI=1S/C20H25OP.Li.H/c1-13-7-9-17(10-8-13)22-19(21)18-14(2)11-16(12-15(18)3)20(4,5)6;;/h7-12,22H,1-6H3;;. The predicted molar refractivity (Wildman–Crippen MR) is 105 cm³/mol. The molecule has 2 aromatic rings. The summed E-state index contributed by atoms with van der Waals surface area (Å²) in [6.07, 6.45) is 0. The maximum atomic E-state index is 12.7. The molecule has 0 saturated heterocycles. The molecule has 0 spiro atoms. The van der Waals surface area contributed by atoms with Gasteiger partial charge in [-0.15, -0.1) is 0 Å². The third-order valence-corrected chi connectivity index (χ3v) is 5.03. The van der Waals surface area contributed by atoms with E-state index in [0.717, 1.165) is 22.0 Å². The van der Waals surface area contributed by atoms with Crippen molar-refractivity contribution in [2.24, 2.45) is 0 Å². The zero-order chi connectivity index (χ0) is 16.5. The molecule has 0 aliphatic heterocycles. The second kappa shape index (κ2) is 7.81. The summed E-state index contributed by atoms with van der Waals surface area (Å²) in [6.45, 7) is 12.8. The summed E-state index contributed by atoms with van der Waals surface area (Å²) in [7, 11) is 0.189.